The summed E-state index contributed by atoms with van der Waals surface area (Å²) in [6.07, 6.45) is 0.969. The van der Waals surface area contributed by atoms with Gasteiger partial charge < -0.3 is 10.6 Å². The lowest BCUT2D eigenvalue weighted by atomic mass is 10.1. The van der Waals surface area contributed by atoms with Gasteiger partial charge in [-0.05, 0) is 6.92 Å². The van der Waals surface area contributed by atoms with Crippen molar-refractivity contribution in [3.63, 3.8) is 0 Å². The number of nitrogens with zero attached hydrogens (tertiary/aromatic N) is 1. The maximum atomic E-state index is 11.3. The molecule has 12 heavy (non-hydrogen) atoms. The molecule has 2 N–H and O–H groups in total. The molecule has 1 aliphatic rings. The molecule has 0 aromatic heterocycles. The Labute approximate surface area is 71.7 Å². The van der Waals surface area contributed by atoms with Crippen molar-refractivity contribution >= 4 is 11.7 Å². The highest BCUT2D eigenvalue weighted by Gasteiger charge is 2.22. The molecule has 1 saturated heterocycles. The number of likely N-dealkylation sites (tertiary alicyclic amines) is 1. The molecule has 1 heterocycles. The van der Waals surface area contributed by atoms with Gasteiger partial charge in [-0.15, -0.1) is 0 Å². The Morgan fingerprint density at radius 2 is 2.00 bits per heavy atom. The standard InChI is InChI=1S/C8H14N2O2/c1-6(9)8(12)10-4-2-7(11)3-5-10/h6H,2-5,9H2,1H3/t6-/m0/s1. The van der Waals surface area contributed by atoms with Crippen molar-refractivity contribution in [1.82, 2.24) is 4.90 Å². The zero-order valence-electron chi connectivity index (χ0n) is 7.25. The maximum absolute atomic E-state index is 11.3. The molecule has 0 saturated carbocycles. The Hall–Kier alpha value is -0.900. The highest BCUT2D eigenvalue weighted by molar-refractivity contribution is 5.85. The van der Waals surface area contributed by atoms with Crippen LogP contribution in [0.2, 0.25) is 0 Å². The average Bonchev–Trinajstić information content (AvgIpc) is 2.04. The molecular formula is C8H14N2O2. The van der Waals surface area contributed by atoms with Crippen molar-refractivity contribution in [2.24, 2.45) is 5.73 Å². The molecule has 4 nitrogen and oxygen atoms in total. The summed E-state index contributed by atoms with van der Waals surface area (Å²) >= 11 is 0. The number of rotatable bonds is 1. The first-order chi connectivity index (χ1) is 5.61. The molecule has 0 unspecified atom stereocenters. The van der Waals surface area contributed by atoms with Crippen LogP contribution in [-0.2, 0) is 9.59 Å². The first-order valence-corrected chi connectivity index (χ1v) is 4.17. The van der Waals surface area contributed by atoms with Gasteiger partial charge in [0, 0.05) is 25.9 Å². The second-order valence-electron chi connectivity index (χ2n) is 3.15. The summed E-state index contributed by atoms with van der Waals surface area (Å²) in [7, 11) is 0. The fraction of sp³-hybridized carbons (Fsp3) is 0.750. The second-order valence-corrected chi connectivity index (χ2v) is 3.15. The summed E-state index contributed by atoms with van der Waals surface area (Å²) in [5.41, 5.74) is 5.43. The van der Waals surface area contributed by atoms with Crippen LogP contribution in [0.5, 0.6) is 0 Å². The topological polar surface area (TPSA) is 63.4 Å². The Morgan fingerprint density at radius 3 is 2.42 bits per heavy atom. The lowest BCUT2D eigenvalue weighted by Crippen LogP contribution is -2.46. The van der Waals surface area contributed by atoms with Gasteiger partial charge in [0.1, 0.15) is 5.78 Å². The minimum absolute atomic E-state index is 0.0532. The SMILES string of the molecule is C[C@H](N)C(=O)N1CCC(=O)CC1. The molecule has 0 aliphatic carbocycles. The normalized spacial score (nSPS) is 20.8. The van der Waals surface area contributed by atoms with Crippen LogP contribution in [0.4, 0.5) is 0 Å². The Morgan fingerprint density at radius 1 is 1.50 bits per heavy atom. The molecule has 0 aromatic rings. The van der Waals surface area contributed by atoms with Crippen LogP contribution in [0.25, 0.3) is 0 Å². The van der Waals surface area contributed by atoms with E-state index in [0.29, 0.717) is 25.9 Å². The fourth-order valence-electron chi connectivity index (χ4n) is 1.26. The minimum Gasteiger partial charge on any atom is -0.340 e. The molecule has 68 valence electrons. The van der Waals surface area contributed by atoms with E-state index >= 15 is 0 Å². The lowest BCUT2D eigenvalue weighted by Gasteiger charge is -2.27. The summed E-state index contributed by atoms with van der Waals surface area (Å²) in [5.74, 6) is 0.186. The van der Waals surface area contributed by atoms with Crippen LogP contribution in [0, 0.1) is 0 Å². The van der Waals surface area contributed by atoms with Crippen LogP contribution in [-0.4, -0.2) is 35.7 Å². The van der Waals surface area contributed by atoms with E-state index in [9.17, 15) is 9.59 Å². The highest BCUT2D eigenvalue weighted by Crippen LogP contribution is 2.06. The quantitative estimate of drug-likeness (QED) is 0.578. The van der Waals surface area contributed by atoms with Gasteiger partial charge in [-0.2, -0.15) is 0 Å². The monoisotopic (exact) mass is 170 g/mol. The molecule has 0 bridgehead atoms. The number of carbonyl (C=O) groups is 2. The number of nitrogens with two attached hydrogens (primary N) is 1. The number of carbonyl (C=O) groups excluding carboxylic acids is 2. The predicted molar refractivity (Wildman–Crippen MR) is 44.5 cm³/mol. The predicted octanol–water partition coefficient (Wildman–Crippen LogP) is -0.475. The Bertz CT molecular complexity index is 191. The van der Waals surface area contributed by atoms with Crippen molar-refractivity contribution in [2.75, 3.05) is 13.1 Å². The highest BCUT2D eigenvalue weighted by atomic mass is 16.2. The summed E-state index contributed by atoms with van der Waals surface area (Å²) in [6.45, 7) is 2.75. The van der Waals surface area contributed by atoms with Gasteiger partial charge in [-0.1, -0.05) is 0 Å². The van der Waals surface area contributed by atoms with E-state index in [-0.39, 0.29) is 11.7 Å². The minimum atomic E-state index is -0.446. The number of Topliss-reactive ketones (excluding diaryl/α,β-unsaturated/α-hetero) is 1. The van der Waals surface area contributed by atoms with Crippen molar-refractivity contribution < 1.29 is 9.59 Å². The molecule has 1 amide bonds. The maximum Gasteiger partial charge on any atom is 0.239 e. The third-order valence-corrected chi connectivity index (χ3v) is 2.02. The van der Waals surface area contributed by atoms with Gasteiger partial charge in [0.25, 0.3) is 0 Å². The summed E-state index contributed by atoms with van der Waals surface area (Å²) in [5, 5.41) is 0. The van der Waals surface area contributed by atoms with Gasteiger partial charge in [-0.3, -0.25) is 9.59 Å². The number of hydrogen-bond acceptors (Lipinski definition) is 3. The van der Waals surface area contributed by atoms with Crippen molar-refractivity contribution in [3.05, 3.63) is 0 Å². The van der Waals surface area contributed by atoms with E-state index in [2.05, 4.69) is 0 Å². The van der Waals surface area contributed by atoms with E-state index in [1.807, 2.05) is 0 Å². The van der Waals surface area contributed by atoms with Crippen LogP contribution in [0.1, 0.15) is 19.8 Å². The molecule has 1 rings (SSSR count). The van der Waals surface area contributed by atoms with Gasteiger partial charge in [0.15, 0.2) is 0 Å². The molecular weight excluding hydrogens is 156 g/mol. The van der Waals surface area contributed by atoms with E-state index in [1.54, 1.807) is 11.8 Å². The van der Waals surface area contributed by atoms with Crippen LogP contribution < -0.4 is 5.73 Å². The van der Waals surface area contributed by atoms with E-state index < -0.39 is 6.04 Å². The van der Waals surface area contributed by atoms with Crippen LogP contribution in [0.3, 0.4) is 0 Å². The number of piperidine rings is 1. The number of amides is 1. The van der Waals surface area contributed by atoms with Gasteiger partial charge in [0.05, 0.1) is 6.04 Å². The summed E-state index contributed by atoms with van der Waals surface area (Å²) in [6, 6.07) is -0.446. The molecule has 1 aliphatic heterocycles. The first-order valence-electron chi connectivity index (χ1n) is 4.17. The van der Waals surface area contributed by atoms with Gasteiger partial charge in [0.2, 0.25) is 5.91 Å². The van der Waals surface area contributed by atoms with Gasteiger partial charge >= 0.3 is 0 Å². The number of ketones is 1. The Balaban J connectivity index is 2.44. The lowest BCUT2D eigenvalue weighted by molar-refractivity contribution is -0.135. The van der Waals surface area contributed by atoms with Crippen LogP contribution in [0.15, 0.2) is 0 Å². The summed E-state index contributed by atoms with van der Waals surface area (Å²) < 4.78 is 0. The van der Waals surface area contributed by atoms with Crippen molar-refractivity contribution in [3.8, 4) is 0 Å². The van der Waals surface area contributed by atoms with Gasteiger partial charge in [-0.25, -0.2) is 0 Å². The van der Waals surface area contributed by atoms with Crippen LogP contribution >= 0.6 is 0 Å². The third kappa shape index (κ3) is 2.04. The average molecular weight is 170 g/mol. The van der Waals surface area contributed by atoms with E-state index in [4.69, 9.17) is 5.73 Å². The molecule has 0 radical (unpaired) electrons. The number of hydrogen-bond donors (Lipinski definition) is 1. The first kappa shape index (κ1) is 9.19. The molecule has 0 spiro atoms. The smallest absolute Gasteiger partial charge is 0.239 e. The zero-order chi connectivity index (χ0) is 9.14. The third-order valence-electron chi connectivity index (χ3n) is 2.02. The fourth-order valence-corrected chi connectivity index (χ4v) is 1.26. The Kier molecular flexibility index (Phi) is 2.81. The molecule has 0 aromatic carbocycles. The van der Waals surface area contributed by atoms with E-state index in [1.165, 1.54) is 0 Å². The molecule has 1 fully saturated rings. The van der Waals surface area contributed by atoms with Crippen molar-refractivity contribution in [1.29, 1.82) is 0 Å². The second kappa shape index (κ2) is 3.67. The largest absolute Gasteiger partial charge is 0.340 e. The summed E-state index contributed by atoms with van der Waals surface area (Å²) in [4.78, 5) is 23.8. The molecule has 4 heteroatoms. The van der Waals surface area contributed by atoms with E-state index in [0.717, 1.165) is 0 Å². The molecule has 1 atom stereocenters. The van der Waals surface area contributed by atoms with Crippen molar-refractivity contribution in [2.45, 2.75) is 25.8 Å². The zero-order valence-corrected chi connectivity index (χ0v) is 7.25.